The normalized spacial score (nSPS) is 10.3. The van der Waals surface area contributed by atoms with E-state index >= 15 is 0 Å². The molecule has 0 aliphatic rings. The number of hydrogen-bond acceptors (Lipinski definition) is 4. The summed E-state index contributed by atoms with van der Waals surface area (Å²) in [6.07, 6.45) is 1.39. The third-order valence-corrected chi connectivity index (χ3v) is 4.21. The van der Waals surface area contributed by atoms with Crippen molar-refractivity contribution in [2.45, 2.75) is 26.2 Å². The molecule has 1 heterocycles. The van der Waals surface area contributed by atoms with Crippen molar-refractivity contribution < 1.29 is 19.4 Å². The van der Waals surface area contributed by atoms with Gasteiger partial charge in [-0.2, -0.15) is 0 Å². The van der Waals surface area contributed by atoms with Crippen molar-refractivity contribution in [3.05, 3.63) is 46.2 Å². The number of aryl methyl sites for hydroxylation is 1. The average Bonchev–Trinajstić information content (AvgIpc) is 3.01. The lowest BCUT2D eigenvalue weighted by molar-refractivity contribution is -0.137. The fraction of sp³-hybridized carbons (Fsp3) is 0.294. The van der Waals surface area contributed by atoms with Gasteiger partial charge in [0.15, 0.2) is 0 Å². The van der Waals surface area contributed by atoms with Crippen LogP contribution in [0.4, 0.5) is 5.69 Å². The second-order valence-electron chi connectivity index (χ2n) is 4.95. The first-order valence-electron chi connectivity index (χ1n) is 7.42. The highest BCUT2D eigenvalue weighted by Crippen LogP contribution is 2.21. The molecule has 1 aromatic heterocycles. The molecule has 0 saturated carbocycles. The molecule has 1 amide bonds. The van der Waals surface area contributed by atoms with Crippen LogP contribution in [-0.4, -0.2) is 23.6 Å². The predicted octanol–water partition coefficient (Wildman–Crippen LogP) is 3.81. The molecule has 1 aromatic carbocycles. The number of aliphatic carboxylic acids is 1. The molecule has 6 heteroatoms. The van der Waals surface area contributed by atoms with Crippen molar-refractivity contribution in [2.75, 3.05) is 11.9 Å². The van der Waals surface area contributed by atoms with Gasteiger partial charge in [-0.1, -0.05) is 6.92 Å². The van der Waals surface area contributed by atoms with Crippen LogP contribution in [0.2, 0.25) is 0 Å². The Kier molecular flexibility index (Phi) is 6.17. The van der Waals surface area contributed by atoms with E-state index < -0.39 is 5.97 Å². The van der Waals surface area contributed by atoms with Gasteiger partial charge in [0.1, 0.15) is 5.75 Å². The van der Waals surface area contributed by atoms with Crippen LogP contribution < -0.4 is 10.1 Å². The van der Waals surface area contributed by atoms with Crippen LogP contribution in [0.5, 0.6) is 5.75 Å². The smallest absolute Gasteiger partial charge is 0.303 e. The molecule has 0 aliphatic heterocycles. The molecule has 0 spiro atoms. The summed E-state index contributed by atoms with van der Waals surface area (Å²) in [4.78, 5) is 23.4. The lowest BCUT2D eigenvalue weighted by Crippen LogP contribution is -2.11. The zero-order valence-corrected chi connectivity index (χ0v) is 13.7. The predicted molar refractivity (Wildman–Crippen MR) is 90.5 cm³/mol. The minimum absolute atomic E-state index is 0.0920. The van der Waals surface area contributed by atoms with Crippen molar-refractivity contribution in [2.24, 2.45) is 0 Å². The highest BCUT2D eigenvalue weighted by atomic mass is 32.1. The second kappa shape index (κ2) is 8.33. The number of nitrogens with one attached hydrogen (secondary N) is 1. The Morgan fingerprint density at radius 3 is 2.61 bits per heavy atom. The Bertz CT molecular complexity index is 663. The van der Waals surface area contributed by atoms with Crippen molar-refractivity contribution in [3.63, 3.8) is 0 Å². The monoisotopic (exact) mass is 333 g/mol. The van der Waals surface area contributed by atoms with Crippen LogP contribution in [0.25, 0.3) is 0 Å². The van der Waals surface area contributed by atoms with Crippen LogP contribution in [0.3, 0.4) is 0 Å². The number of benzene rings is 1. The molecule has 23 heavy (non-hydrogen) atoms. The highest BCUT2D eigenvalue weighted by Gasteiger charge is 2.12. The number of ether oxygens (including phenoxy) is 1. The maximum Gasteiger partial charge on any atom is 0.303 e. The van der Waals surface area contributed by atoms with E-state index in [0.717, 1.165) is 16.9 Å². The number of carbonyl (C=O) groups is 2. The maximum atomic E-state index is 12.2. The number of carbonyl (C=O) groups excluding carboxylic acids is 1. The Morgan fingerprint density at radius 2 is 1.96 bits per heavy atom. The lowest BCUT2D eigenvalue weighted by atomic mass is 10.2. The quantitative estimate of drug-likeness (QED) is 0.720. The van der Waals surface area contributed by atoms with Gasteiger partial charge in [-0.25, -0.2) is 0 Å². The molecule has 0 unspecified atom stereocenters. The van der Waals surface area contributed by atoms with Crippen LogP contribution in [-0.2, 0) is 11.2 Å². The highest BCUT2D eigenvalue weighted by molar-refractivity contribution is 7.12. The van der Waals surface area contributed by atoms with Gasteiger partial charge in [0.05, 0.1) is 11.5 Å². The van der Waals surface area contributed by atoms with E-state index in [2.05, 4.69) is 5.32 Å². The van der Waals surface area contributed by atoms with Crippen molar-refractivity contribution in [1.82, 2.24) is 0 Å². The molecule has 2 aromatic rings. The Labute approximate surface area is 138 Å². The summed E-state index contributed by atoms with van der Waals surface area (Å²) in [6.45, 7) is 2.38. The molecule has 0 fully saturated rings. The van der Waals surface area contributed by atoms with E-state index in [1.807, 2.05) is 18.4 Å². The minimum Gasteiger partial charge on any atom is -0.494 e. The number of carboxylic acid groups (broad SMARTS) is 1. The van der Waals surface area contributed by atoms with Crippen molar-refractivity contribution in [3.8, 4) is 5.75 Å². The molecule has 0 bridgehead atoms. The van der Waals surface area contributed by atoms with Crippen LogP contribution in [0.1, 0.15) is 35.0 Å². The standard InChI is InChI=1S/C17H19NO4S/c1-2-12-9-11-23-16(12)17(21)18-13-5-7-14(8-6-13)22-10-3-4-15(19)20/h5-9,11H,2-4,10H2,1H3,(H,18,21)(H,19,20). The summed E-state index contributed by atoms with van der Waals surface area (Å²) in [7, 11) is 0. The van der Waals surface area contributed by atoms with Gasteiger partial charge in [-0.15, -0.1) is 11.3 Å². The fourth-order valence-corrected chi connectivity index (χ4v) is 2.94. The van der Waals surface area contributed by atoms with E-state index in [0.29, 0.717) is 24.5 Å². The Morgan fingerprint density at radius 1 is 1.22 bits per heavy atom. The molecule has 2 rings (SSSR count). The number of amides is 1. The van der Waals surface area contributed by atoms with Gasteiger partial charge in [-0.05, 0) is 54.1 Å². The first-order chi connectivity index (χ1) is 11.1. The van der Waals surface area contributed by atoms with E-state index in [-0.39, 0.29) is 12.3 Å². The average molecular weight is 333 g/mol. The Balaban J connectivity index is 1.87. The summed E-state index contributed by atoms with van der Waals surface area (Å²) < 4.78 is 5.45. The van der Waals surface area contributed by atoms with E-state index in [1.165, 1.54) is 11.3 Å². The van der Waals surface area contributed by atoms with Gasteiger partial charge in [0.25, 0.3) is 5.91 Å². The van der Waals surface area contributed by atoms with Crippen molar-refractivity contribution in [1.29, 1.82) is 0 Å². The molecule has 122 valence electrons. The van der Waals surface area contributed by atoms with E-state index in [4.69, 9.17) is 9.84 Å². The van der Waals surface area contributed by atoms with E-state index in [9.17, 15) is 9.59 Å². The Hall–Kier alpha value is -2.34. The van der Waals surface area contributed by atoms with Crippen LogP contribution in [0, 0.1) is 0 Å². The third-order valence-electron chi connectivity index (χ3n) is 3.25. The summed E-state index contributed by atoms with van der Waals surface area (Å²) >= 11 is 1.44. The zero-order chi connectivity index (χ0) is 16.7. The second-order valence-corrected chi connectivity index (χ2v) is 5.87. The molecular weight excluding hydrogens is 314 g/mol. The van der Waals surface area contributed by atoms with Crippen LogP contribution >= 0.6 is 11.3 Å². The maximum absolute atomic E-state index is 12.2. The van der Waals surface area contributed by atoms with Gasteiger partial charge in [0.2, 0.25) is 0 Å². The first-order valence-corrected chi connectivity index (χ1v) is 8.30. The molecule has 0 aliphatic carbocycles. The molecule has 0 radical (unpaired) electrons. The lowest BCUT2D eigenvalue weighted by Gasteiger charge is -2.08. The van der Waals surface area contributed by atoms with E-state index in [1.54, 1.807) is 24.3 Å². The molecule has 0 saturated heterocycles. The molecular formula is C17H19NO4S. The van der Waals surface area contributed by atoms with Gasteiger partial charge in [0, 0.05) is 12.1 Å². The molecule has 0 atom stereocenters. The number of thiophene rings is 1. The third kappa shape index (κ3) is 5.10. The summed E-state index contributed by atoms with van der Waals surface area (Å²) in [5.74, 6) is -0.280. The summed E-state index contributed by atoms with van der Waals surface area (Å²) in [5.41, 5.74) is 1.74. The van der Waals surface area contributed by atoms with Crippen molar-refractivity contribution >= 4 is 28.9 Å². The van der Waals surface area contributed by atoms with Gasteiger partial charge >= 0.3 is 5.97 Å². The number of hydrogen-bond donors (Lipinski definition) is 2. The van der Waals surface area contributed by atoms with Gasteiger partial charge < -0.3 is 15.2 Å². The summed E-state index contributed by atoms with van der Waals surface area (Å²) in [5, 5.41) is 13.3. The topological polar surface area (TPSA) is 75.6 Å². The first kappa shape index (κ1) is 17.0. The zero-order valence-electron chi connectivity index (χ0n) is 12.9. The number of carboxylic acids is 1. The largest absolute Gasteiger partial charge is 0.494 e. The fourth-order valence-electron chi connectivity index (χ4n) is 2.05. The molecule has 5 nitrogen and oxygen atoms in total. The number of rotatable bonds is 8. The molecule has 2 N–H and O–H groups in total. The minimum atomic E-state index is -0.827. The van der Waals surface area contributed by atoms with Gasteiger partial charge in [-0.3, -0.25) is 9.59 Å². The number of anilines is 1. The SMILES string of the molecule is CCc1ccsc1C(=O)Nc1ccc(OCCCC(=O)O)cc1. The van der Waals surface area contributed by atoms with Crippen LogP contribution in [0.15, 0.2) is 35.7 Å². The summed E-state index contributed by atoms with van der Waals surface area (Å²) in [6, 6.07) is 9.01.